The molecular formula is C33H32BrN3O3. The van der Waals surface area contributed by atoms with E-state index in [0.29, 0.717) is 30.1 Å². The van der Waals surface area contributed by atoms with Gasteiger partial charge in [0.05, 0.1) is 17.3 Å². The van der Waals surface area contributed by atoms with Gasteiger partial charge >= 0.3 is 0 Å². The van der Waals surface area contributed by atoms with Crippen LogP contribution in [0.4, 0.5) is 5.69 Å². The van der Waals surface area contributed by atoms with Crippen molar-refractivity contribution in [3.8, 4) is 5.75 Å². The van der Waals surface area contributed by atoms with Gasteiger partial charge in [-0.1, -0.05) is 88.7 Å². The zero-order valence-electron chi connectivity index (χ0n) is 22.4. The number of ether oxygens (including phenoxy) is 1. The number of piperazine rings is 1. The van der Waals surface area contributed by atoms with Gasteiger partial charge in [-0.15, -0.1) is 0 Å². The van der Waals surface area contributed by atoms with Crippen LogP contribution in [0, 0.1) is 6.92 Å². The summed E-state index contributed by atoms with van der Waals surface area (Å²) in [4.78, 5) is 30.6. The highest BCUT2D eigenvalue weighted by Crippen LogP contribution is 2.30. The van der Waals surface area contributed by atoms with Gasteiger partial charge in [-0.2, -0.15) is 0 Å². The van der Waals surface area contributed by atoms with E-state index in [-0.39, 0.29) is 24.5 Å². The minimum atomic E-state index is -0.320. The molecule has 0 saturated carbocycles. The maximum Gasteiger partial charge on any atom is 0.262 e. The van der Waals surface area contributed by atoms with E-state index in [9.17, 15) is 9.59 Å². The summed E-state index contributed by atoms with van der Waals surface area (Å²) >= 11 is 3.47. The Hall–Kier alpha value is -3.94. The first-order valence-corrected chi connectivity index (χ1v) is 14.2. The molecule has 1 heterocycles. The van der Waals surface area contributed by atoms with Crippen molar-refractivity contribution in [2.75, 3.05) is 38.1 Å². The summed E-state index contributed by atoms with van der Waals surface area (Å²) < 4.78 is 6.65. The van der Waals surface area contributed by atoms with Gasteiger partial charge in [0.15, 0.2) is 6.61 Å². The predicted octanol–water partition coefficient (Wildman–Crippen LogP) is 6.32. The summed E-state index contributed by atoms with van der Waals surface area (Å²) in [5, 5.41) is 2.87. The molecule has 5 rings (SSSR count). The molecule has 2 amide bonds. The molecule has 0 aromatic heterocycles. The lowest BCUT2D eigenvalue weighted by Gasteiger charge is -2.40. The minimum Gasteiger partial charge on any atom is -0.484 e. The van der Waals surface area contributed by atoms with E-state index < -0.39 is 0 Å². The van der Waals surface area contributed by atoms with E-state index in [0.717, 1.165) is 23.1 Å². The lowest BCUT2D eigenvalue weighted by molar-refractivity contribution is -0.118. The molecule has 1 saturated heterocycles. The highest BCUT2D eigenvalue weighted by atomic mass is 79.9. The van der Waals surface area contributed by atoms with Crippen LogP contribution in [0.15, 0.2) is 108 Å². The second-order valence-electron chi connectivity index (χ2n) is 9.85. The Morgan fingerprint density at radius 1 is 0.825 bits per heavy atom. The Bertz CT molecular complexity index is 1420. The first kappa shape index (κ1) is 27.6. The topological polar surface area (TPSA) is 61.9 Å². The number of carbonyl (C=O) groups is 2. The summed E-state index contributed by atoms with van der Waals surface area (Å²) in [6.07, 6.45) is 0. The number of halogens is 1. The van der Waals surface area contributed by atoms with Crippen molar-refractivity contribution in [1.82, 2.24) is 9.80 Å². The normalized spacial score (nSPS) is 13.7. The average molecular weight is 599 g/mol. The number of nitrogens with one attached hydrogen (secondary N) is 1. The van der Waals surface area contributed by atoms with Crippen molar-refractivity contribution in [2.45, 2.75) is 13.0 Å². The number of nitrogens with zero attached hydrogens (tertiary/aromatic N) is 2. The van der Waals surface area contributed by atoms with Gasteiger partial charge < -0.3 is 15.0 Å². The smallest absolute Gasteiger partial charge is 0.262 e. The molecule has 1 aliphatic heterocycles. The van der Waals surface area contributed by atoms with Gasteiger partial charge in [-0.25, -0.2) is 0 Å². The van der Waals surface area contributed by atoms with Crippen molar-refractivity contribution in [3.05, 3.63) is 130 Å². The molecule has 0 spiro atoms. The fraction of sp³-hybridized carbons (Fsp3) is 0.212. The Morgan fingerprint density at radius 3 is 2.05 bits per heavy atom. The SMILES string of the molecule is Cc1cc(OCC(=O)Nc2ccccc2C(=O)N2CCN(C(c3ccccc3)c3ccccc3)CC2)ccc1Br. The quantitative estimate of drug-likeness (QED) is 0.258. The maximum absolute atomic E-state index is 13.6. The number of hydrogen-bond acceptors (Lipinski definition) is 4. The number of rotatable bonds is 8. The van der Waals surface area contributed by atoms with Crippen molar-refractivity contribution >= 4 is 33.4 Å². The van der Waals surface area contributed by atoms with Crippen LogP contribution < -0.4 is 10.1 Å². The fourth-order valence-electron chi connectivity index (χ4n) is 5.06. The summed E-state index contributed by atoms with van der Waals surface area (Å²) in [6.45, 7) is 4.50. The standard InChI is InChI=1S/C33H32BrN3O3/c1-24-22-27(16-17-29(24)34)40-23-31(38)35-30-15-9-8-14-28(30)33(39)37-20-18-36(19-21-37)32(25-10-4-2-5-11-25)26-12-6-3-7-13-26/h2-17,22,32H,18-21,23H2,1H3,(H,35,38). The van der Waals surface area contributed by atoms with Gasteiger partial charge in [0.2, 0.25) is 0 Å². The first-order chi connectivity index (χ1) is 19.5. The van der Waals surface area contributed by atoms with Crippen LogP contribution in [0.25, 0.3) is 0 Å². The van der Waals surface area contributed by atoms with Gasteiger partial charge in [-0.05, 0) is 53.9 Å². The molecule has 6 nitrogen and oxygen atoms in total. The molecule has 7 heteroatoms. The van der Waals surface area contributed by atoms with Crippen LogP contribution in [0.3, 0.4) is 0 Å². The van der Waals surface area contributed by atoms with Gasteiger partial charge in [0, 0.05) is 30.7 Å². The number of hydrogen-bond donors (Lipinski definition) is 1. The Balaban J connectivity index is 1.23. The molecule has 0 unspecified atom stereocenters. The molecule has 1 N–H and O–H groups in total. The van der Waals surface area contributed by atoms with Crippen LogP contribution in [0.5, 0.6) is 5.75 Å². The fourth-order valence-corrected chi connectivity index (χ4v) is 5.31. The third-order valence-corrected chi connectivity index (χ3v) is 8.02. The van der Waals surface area contributed by atoms with E-state index >= 15 is 0 Å². The second-order valence-corrected chi connectivity index (χ2v) is 10.7. The van der Waals surface area contributed by atoms with Crippen molar-refractivity contribution < 1.29 is 14.3 Å². The number of carbonyl (C=O) groups excluding carboxylic acids is 2. The van der Waals surface area contributed by atoms with Gasteiger partial charge in [0.25, 0.3) is 11.8 Å². The Morgan fingerprint density at radius 2 is 1.43 bits per heavy atom. The number of benzene rings is 4. The van der Waals surface area contributed by atoms with Crippen molar-refractivity contribution in [3.63, 3.8) is 0 Å². The zero-order chi connectivity index (χ0) is 27.9. The molecule has 1 aliphatic rings. The third-order valence-electron chi connectivity index (χ3n) is 7.13. The maximum atomic E-state index is 13.6. The molecule has 4 aromatic carbocycles. The van der Waals surface area contributed by atoms with Crippen LogP contribution in [-0.2, 0) is 4.79 Å². The van der Waals surface area contributed by atoms with Crippen LogP contribution in [0.1, 0.15) is 33.1 Å². The van der Waals surface area contributed by atoms with E-state index in [1.165, 1.54) is 11.1 Å². The summed E-state index contributed by atoms with van der Waals surface area (Å²) in [7, 11) is 0. The Labute approximate surface area is 243 Å². The lowest BCUT2D eigenvalue weighted by Crippen LogP contribution is -2.50. The monoisotopic (exact) mass is 597 g/mol. The van der Waals surface area contributed by atoms with Crippen molar-refractivity contribution in [2.24, 2.45) is 0 Å². The lowest BCUT2D eigenvalue weighted by atomic mass is 9.96. The molecule has 40 heavy (non-hydrogen) atoms. The highest BCUT2D eigenvalue weighted by molar-refractivity contribution is 9.10. The number of amides is 2. The molecule has 1 fully saturated rings. The minimum absolute atomic E-state index is 0.0871. The van der Waals surface area contributed by atoms with E-state index in [2.05, 4.69) is 74.7 Å². The van der Waals surface area contributed by atoms with Gasteiger partial charge in [-0.3, -0.25) is 14.5 Å². The Kier molecular flexibility index (Phi) is 8.94. The molecule has 4 aromatic rings. The van der Waals surface area contributed by atoms with E-state index in [1.807, 2.05) is 54.3 Å². The predicted molar refractivity (Wildman–Crippen MR) is 162 cm³/mol. The van der Waals surface area contributed by atoms with E-state index in [1.54, 1.807) is 12.1 Å². The molecule has 0 aliphatic carbocycles. The molecule has 0 bridgehead atoms. The number of aryl methyl sites for hydroxylation is 1. The van der Waals surface area contributed by atoms with Crippen molar-refractivity contribution in [1.29, 1.82) is 0 Å². The molecule has 0 atom stereocenters. The highest BCUT2D eigenvalue weighted by Gasteiger charge is 2.29. The summed E-state index contributed by atoms with van der Waals surface area (Å²) in [5.74, 6) is 0.206. The molecule has 204 valence electrons. The van der Waals surface area contributed by atoms with Gasteiger partial charge in [0.1, 0.15) is 5.75 Å². The summed E-state index contributed by atoms with van der Waals surface area (Å²) in [6, 6.07) is 33.8. The molecule has 0 radical (unpaired) electrons. The first-order valence-electron chi connectivity index (χ1n) is 13.4. The van der Waals surface area contributed by atoms with Crippen LogP contribution in [0.2, 0.25) is 0 Å². The van der Waals surface area contributed by atoms with E-state index in [4.69, 9.17) is 4.74 Å². The van der Waals surface area contributed by atoms with Crippen LogP contribution >= 0.6 is 15.9 Å². The van der Waals surface area contributed by atoms with Crippen LogP contribution in [-0.4, -0.2) is 54.4 Å². The third kappa shape index (κ3) is 6.61. The number of anilines is 1. The summed E-state index contributed by atoms with van der Waals surface area (Å²) in [5.41, 5.74) is 4.46. The largest absolute Gasteiger partial charge is 0.484 e. The zero-order valence-corrected chi connectivity index (χ0v) is 24.0. The number of para-hydroxylation sites is 1. The molecular weight excluding hydrogens is 566 g/mol. The second kappa shape index (κ2) is 12.9. The average Bonchev–Trinajstić information content (AvgIpc) is 2.99.